The van der Waals surface area contributed by atoms with Gasteiger partial charge in [-0.05, 0) is 71.8 Å². The Kier molecular flexibility index (Phi) is 7.81. The maximum atomic E-state index is 5.18. The summed E-state index contributed by atoms with van der Waals surface area (Å²) in [6.45, 7) is 0. The number of fused-ring (bicyclic) bond motifs is 3. The second kappa shape index (κ2) is 13.4. The lowest BCUT2D eigenvalue weighted by atomic mass is 9.89. The molecule has 0 aliphatic heterocycles. The van der Waals surface area contributed by atoms with E-state index in [1.807, 2.05) is 18.2 Å². The molecule has 0 saturated carbocycles. The Morgan fingerprint density at radius 2 is 0.574 bits per heavy atom. The predicted octanol–water partition coefficient (Wildman–Crippen LogP) is 13.3. The second-order valence-corrected chi connectivity index (χ2v) is 13.6. The molecule has 0 bridgehead atoms. The Morgan fingerprint density at radius 1 is 0.204 bits per heavy atom. The monoisotopic (exact) mass is 687 g/mol. The van der Waals surface area contributed by atoms with Crippen molar-refractivity contribution in [1.29, 1.82) is 0 Å². The SMILES string of the molecule is c1ccc(-c2nc(-c3ccc(-c4cccc5ccccc45)cc3)nc(-c3ccc(-c4ccc(-c5ccccc5)c5ccccc45)c4ccccc34)n2)cc1. The van der Waals surface area contributed by atoms with Crippen molar-refractivity contribution in [1.82, 2.24) is 15.0 Å². The maximum Gasteiger partial charge on any atom is 0.164 e. The summed E-state index contributed by atoms with van der Waals surface area (Å²) < 4.78 is 0. The van der Waals surface area contributed by atoms with E-state index in [1.54, 1.807) is 0 Å². The van der Waals surface area contributed by atoms with Gasteiger partial charge in [-0.25, -0.2) is 15.0 Å². The van der Waals surface area contributed by atoms with Gasteiger partial charge in [-0.3, -0.25) is 0 Å². The number of hydrogen-bond donors (Lipinski definition) is 0. The molecular formula is C51H33N3. The van der Waals surface area contributed by atoms with Crippen LogP contribution in [-0.4, -0.2) is 15.0 Å². The van der Waals surface area contributed by atoms with Gasteiger partial charge in [0.15, 0.2) is 17.5 Å². The summed E-state index contributed by atoms with van der Waals surface area (Å²) in [5.74, 6) is 1.92. The highest BCUT2D eigenvalue weighted by Crippen LogP contribution is 2.41. The van der Waals surface area contributed by atoms with Gasteiger partial charge in [-0.2, -0.15) is 0 Å². The summed E-state index contributed by atoms with van der Waals surface area (Å²) in [4.78, 5) is 15.3. The van der Waals surface area contributed by atoms with Gasteiger partial charge in [0.1, 0.15) is 0 Å². The van der Waals surface area contributed by atoms with E-state index in [0.29, 0.717) is 17.5 Å². The fourth-order valence-corrected chi connectivity index (χ4v) is 7.75. The molecule has 1 aromatic heterocycles. The molecule has 0 amide bonds. The largest absolute Gasteiger partial charge is 0.208 e. The topological polar surface area (TPSA) is 38.7 Å². The van der Waals surface area contributed by atoms with E-state index in [4.69, 9.17) is 15.0 Å². The minimum Gasteiger partial charge on any atom is -0.208 e. The van der Waals surface area contributed by atoms with Crippen molar-refractivity contribution < 1.29 is 0 Å². The van der Waals surface area contributed by atoms with E-state index in [2.05, 4.69) is 182 Å². The van der Waals surface area contributed by atoms with Gasteiger partial charge in [-0.1, -0.05) is 194 Å². The smallest absolute Gasteiger partial charge is 0.164 e. The van der Waals surface area contributed by atoms with E-state index in [1.165, 1.54) is 49.4 Å². The molecule has 1 heterocycles. The van der Waals surface area contributed by atoms with E-state index < -0.39 is 0 Å². The summed E-state index contributed by atoms with van der Waals surface area (Å²) in [6, 6.07) is 70.6. The molecule has 0 saturated heterocycles. The first-order valence-corrected chi connectivity index (χ1v) is 18.3. The van der Waals surface area contributed by atoms with Crippen LogP contribution in [0.4, 0.5) is 0 Å². The number of benzene rings is 9. The van der Waals surface area contributed by atoms with Gasteiger partial charge >= 0.3 is 0 Å². The maximum absolute atomic E-state index is 5.18. The van der Waals surface area contributed by atoms with Crippen molar-refractivity contribution in [3.63, 3.8) is 0 Å². The van der Waals surface area contributed by atoms with Crippen LogP contribution in [0.2, 0.25) is 0 Å². The van der Waals surface area contributed by atoms with Crippen LogP contribution in [-0.2, 0) is 0 Å². The molecular weight excluding hydrogens is 655 g/mol. The van der Waals surface area contributed by atoms with Crippen LogP contribution < -0.4 is 0 Å². The average molecular weight is 688 g/mol. The van der Waals surface area contributed by atoms with Crippen molar-refractivity contribution >= 4 is 32.3 Å². The first kappa shape index (κ1) is 31.5. The van der Waals surface area contributed by atoms with Crippen molar-refractivity contribution in [2.45, 2.75) is 0 Å². The molecule has 54 heavy (non-hydrogen) atoms. The zero-order chi connectivity index (χ0) is 35.8. The molecule has 3 heteroatoms. The highest BCUT2D eigenvalue weighted by Gasteiger charge is 2.18. The Hall–Kier alpha value is -7.23. The van der Waals surface area contributed by atoms with Crippen molar-refractivity contribution in [2.75, 3.05) is 0 Å². The van der Waals surface area contributed by atoms with Crippen LogP contribution in [0.15, 0.2) is 200 Å². The molecule has 0 fully saturated rings. The van der Waals surface area contributed by atoms with E-state index in [-0.39, 0.29) is 0 Å². The van der Waals surface area contributed by atoms with Gasteiger partial charge in [0.25, 0.3) is 0 Å². The molecule has 0 radical (unpaired) electrons. The van der Waals surface area contributed by atoms with Crippen molar-refractivity contribution in [3.05, 3.63) is 200 Å². The molecule has 3 nitrogen and oxygen atoms in total. The zero-order valence-electron chi connectivity index (χ0n) is 29.4. The van der Waals surface area contributed by atoms with Gasteiger partial charge in [-0.15, -0.1) is 0 Å². The molecule has 0 N–H and O–H groups in total. The fraction of sp³-hybridized carbons (Fsp3) is 0. The summed E-state index contributed by atoms with van der Waals surface area (Å²) >= 11 is 0. The highest BCUT2D eigenvalue weighted by atomic mass is 15.0. The molecule has 10 rings (SSSR count). The van der Waals surface area contributed by atoms with Gasteiger partial charge < -0.3 is 0 Å². The molecule has 0 unspecified atom stereocenters. The molecule has 0 spiro atoms. The van der Waals surface area contributed by atoms with Gasteiger partial charge in [0.2, 0.25) is 0 Å². The third-order valence-corrected chi connectivity index (χ3v) is 10.4. The molecule has 10 aromatic rings. The lowest BCUT2D eigenvalue weighted by molar-refractivity contribution is 1.08. The number of nitrogens with zero attached hydrogens (tertiary/aromatic N) is 3. The average Bonchev–Trinajstić information content (AvgIpc) is 3.26. The van der Waals surface area contributed by atoms with Crippen LogP contribution in [0.25, 0.3) is 99.9 Å². The Labute approximate surface area is 313 Å². The lowest BCUT2D eigenvalue weighted by Crippen LogP contribution is -2.01. The first-order chi connectivity index (χ1) is 26.8. The van der Waals surface area contributed by atoms with Crippen LogP contribution in [0.1, 0.15) is 0 Å². The van der Waals surface area contributed by atoms with Crippen LogP contribution >= 0.6 is 0 Å². The summed E-state index contributed by atoms with van der Waals surface area (Å²) in [5.41, 5.74) is 10.0. The summed E-state index contributed by atoms with van der Waals surface area (Å²) in [6.07, 6.45) is 0. The molecule has 0 atom stereocenters. The molecule has 252 valence electrons. The van der Waals surface area contributed by atoms with Crippen LogP contribution in [0.3, 0.4) is 0 Å². The first-order valence-electron chi connectivity index (χ1n) is 18.3. The standard InChI is InChI=1S/C51H33N3/c1-3-14-34(15-4-1)41-30-31-46(43-22-10-9-21-42(41)43)47-32-33-48(45-24-12-11-23-44(45)47)51-53-49(37-17-5-2-6-18-37)52-50(54-51)38-28-26-36(27-29-38)40-25-13-19-35-16-7-8-20-39(35)40/h1-33H. The fourth-order valence-electron chi connectivity index (χ4n) is 7.75. The summed E-state index contributed by atoms with van der Waals surface area (Å²) in [5, 5.41) is 7.15. The minimum atomic E-state index is 0.638. The molecule has 0 aliphatic rings. The predicted molar refractivity (Wildman–Crippen MR) is 225 cm³/mol. The third-order valence-electron chi connectivity index (χ3n) is 10.4. The highest BCUT2D eigenvalue weighted by molar-refractivity contribution is 6.12. The van der Waals surface area contributed by atoms with Crippen LogP contribution in [0.5, 0.6) is 0 Å². The Bertz CT molecular complexity index is 2970. The normalized spacial score (nSPS) is 11.3. The number of hydrogen-bond acceptors (Lipinski definition) is 3. The Morgan fingerprint density at radius 3 is 1.20 bits per heavy atom. The van der Waals surface area contributed by atoms with E-state index >= 15 is 0 Å². The zero-order valence-corrected chi connectivity index (χ0v) is 29.4. The Balaban J connectivity index is 1.11. The summed E-state index contributed by atoms with van der Waals surface area (Å²) in [7, 11) is 0. The number of aromatic nitrogens is 3. The van der Waals surface area contributed by atoms with Crippen molar-refractivity contribution in [2.24, 2.45) is 0 Å². The van der Waals surface area contributed by atoms with Crippen LogP contribution in [0, 0.1) is 0 Å². The third kappa shape index (κ3) is 5.60. The molecule has 9 aromatic carbocycles. The second-order valence-electron chi connectivity index (χ2n) is 13.6. The van der Waals surface area contributed by atoms with Crippen molar-refractivity contribution in [3.8, 4) is 67.5 Å². The van der Waals surface area contributed by atoms with Gasteiger partial charge in [0.05, 0.1) is 0 Å². The quantitative estimate of drug-likeness (QED) is 0.175. The van der Waals surface area contributed by atoms with E-state index in [0.717, 1.165) is 33.0 Å². The minimum absolute atomic E-state index is 0.638. The lowest BCUT2D eigenvalue weighted by Gasteiger charge is -2.16. The molecule has 0 aliphatic carbocycles. The number of rotatable bonds is 6. The van der Waals surface area contributed by atoms with E-state index in [9.17, 15) is 0 Å². The van der Waals surface area contributed by atoms with Gasteiger partial charge in [0, 0.05) is 16.7 Å².